The molecule has 0 N–H and O–H groups in total. The number of allylic oxidation sites excluding steroid dienone is 2. The van der Waals surface area contributed by atoms with Gasteiger partial charge in [0.15, 0.2) is 5.78 Å². The van der Waals surface area contributed by atoms with Crippen LogP contribution in [0.5, 0.6) is 0 Å². The van der Waals surface area contributed by atoms with Gasteiger partial charge in [0.05, 0.1) is 7.05 Å². The van der Waals surface area contributed by atoms with Crippen LogP contribution in [0, 0.1) is 0 Å². The highest BCUT2D eigenvalue weighted by Crippen LogP contribution is 2.21. The third-order valence-corrected chi connectivity index (χ3v) is 2.00. The van der Waals surface area contributed by atoms with Crippen molar-refractivity contribution in [2.45, 2.75) is 19.3 Å². The van der Waals surface area contributed by atoms with Gasteiger partial charge in [0.2, 0.25) is 5.82 Å². The second-order valence-corrected chi connectivity index (χ2v) is 3.09. The molecule has 1 aromatic rings. The summed E-state index contributed by atoms with van der Waals surface area (Å²) < 4.78 is 0. The normalized spacial score (nSPS) is 17.3. The molecule has 0 amide bonds. The maximum absolute atomic E-state index is 11.1. The highest BCUT2D eigenvalue weighted by atomic mass is 16.1. The van der Waals surface area contributed by atoms with Gasteiger partial charge in [-0.05, 0) is 24.1 Å². The quantitative estimate of drug-likeness (QED) is 0.622. The summed E-state index contributed by atoms with van der Waals surface area (Å²) in [5, 5.41) is 11.6. The van der Waals surface area contributed by atoms with Crippen LogP contribution in [0.4, 0.5) is 0 Å². The minimum atomic E-state index is 0.161. The Labute approximate surface area is 75.4 Å². The first kappa shape index (κ1) is 8.10. The zero-order valence-corrected chi connectivity index (χ0v) is 7.40. The minimum absolute atomic E-state index is 0.161. The molecule has 0 bridgehead atoms. The molecule has 0 saturated heterocycles. The van der Waals surface area contributed by atoms with Gasteiger partial charge in [0.1, 0.15) is 0 Å². The largest absolute Gasteiger partial charge is 0.295 e. The predicted molar refractivity (Wildman–Crippen MR) is 45.6 cm³/mol. The average Bonchev–Trinajstić information content (AvgIpc) is 2.52. The summed E-state index contributed by atoms with van der Waals surface area (Å²) in [6.45, 7) is 0. The average molecular weight is 178 g/mol. The molecular weight excluding hydrogens is 168 g/mol. The Morgan fingerprint density at radius 2 is 2.31 bits per heavy atom. The molecule has 0 aliphatic heterocycles. The van der Waals surface area contributed by atoms with Gasteiger partial charge in [-0.3, -0.25) is 4.79 Å². The van der Waals surface area contributed by atoms with Crippen LogP contribution < -0.4 is 0 Å². The first-order chi connectivity index (χ1) is 6.25. The Hall–Kier alpha value is -1.52. The smallest absolute Gasteiger partial charge is 0.201 e. The molecular formula is C8H10N4O. The zero-order chi connectivity index (χ0) is 9.26. The molecule has 0 spiro atoms. The molecule has 1 aromatic heterocycles. The van der Waals surface area contributed by atoms with Crippen molar-refractivity contribution in [3.8, 4) is 0 Å². The van der Waals surface area contributed by atoms with Crippen LogP contribution in [0.2, 0.25) is 0 Å². The number of ketones is 1. The molecule has 0 saturated carbocycles. The molecule has 1 aliphatic carbocycles. The molecule has 68 valence electrons. The number of nitrogens with zero attached hydrogens (tertiary/aromatic N) is 4. The van der Waals surface area contributed by atoms with Crippen LogP contribution in [0.15, 0.2) is 6.08 Å². The van der Waals surface area contributed by atoms with E-state index in [2.05, 4.69) is 15.4 Å². The van der Waals surface area contributed by atoms with Gasteiger partial charge in [0, 0.05) is 12.0 Å². The number of aryl methyl sites for hydroxylation is 1. The van der Waals surface area contributed by atoms with E-state index < -0.39 is 0 Å². The van der Waals surface area contributed by atoms with Gasteiger partial charge in [-0.15, -0.1) is 10.2 Å². The molecule has 0 atom stereocenters. The van der Waals surface area contributed by atoms with Gasteiger partial charge in [-0.1, -0.05) is 0 Å². The molecule has 5 heteroatoms. The van der Waals surface area contributed by atoms with E-state index >= 15 is 0 Å². The monoisotopic (exact) mass is 178 g/mol. The van der Waals surface area contributed by atoms with E-state index in [-0.39, 0.29) is 5.78 Å². The highest BCUT2D eigenvalue weighted by Gasteiger charge is 2.14. The van der Waals surface area contributed by atoms with Crippen molar-refractivity contribution in [1.82, 2.24) is 20.2 Å². The molecule has 0 aromatic carbocycles. The molecule has 13 heavy (non-hydrogen) atoms. The molecule has 1 heterocycles. The summed E-state index contributed by atoms with van der Waals surface area (Å²) in [6, 6.07) is 0. The molecule has 0 radical (unpaired) electrons. The Bertz CT molecular complexity index is 366. The fraction of sp³-hybridized carbons (Fsp3) is 0.500. The number of aromatic nitrogens is 4. The lowest BCUT2D eigenvalue weighted by Crippen LogP contribution is -2.03. The number of rotatable bonds is 1. The number of hydrogen-bond donors (Lipinski definition) is 0. The van der Waals surface area contributed by atoms with E-state index in [1.54, 1.807) is 13.1 Å². The maximum atomic E-state index is 11.1. The van der Waals surface area contributed by atoms with E-state index in [0.29, 0.717) is 12.2 Å². The van der Waals surface area contributed by atoms with Gasteiger partial charge >= 0.3 is 0 Å². The lowest BCUT2D eigenvalue weighted by molar-refractivity contribution is -0.114. The van der Waals surface area contributed by atoms with E-state index in [1.165, 1.54) is 4.80 Å². The third-order valence-electron chi connectivity index (χ3n) is 2.00. The topological polar surface area (TPSA) is 60.7 Å². The molecule has 2 rings (SSSR count). The second kappa shape index (κ2) is 3.08. The predicted octanol–water partition coefficient (Wildman–Crippen LogP) is 0.347. The summed E-state index contributed by atoms with van der Waals surface area (Å²) in [5.74, 6) is 0.740. The minimum Gasteiger partial charge on any atom is -0.295 e. The summed E-state index contributed by atoms with van der Waals surface area (Å²) in [4.78, 5) is 12.5. The first-order valence-electron chi connectivity index (χ1n) is 4.23. The van der Waals surface area contributed by atoms with E-state index in [1.807, 2.05) is 0 Å². The maximum Gasteiger partial charge on any atom is 0.201 e. The van der Waals surface area contributed by atoms with Crippen molar-refractivity contribution in [3.63, 3.8) is 0 Å². The van der Waals surface area contributed by atoms with Gasteiger partial charge in [-0.2, -0.15) is 4.80 Å². The lowest BCUT2D eigenvalue weighted by atomic mass is 9.98. The molecule has 0 unspecified atom stereocenters. The van der Waals surface area contributed by atoms with Crippen LogP contribution in [0.1, 0.15) is 25.1 Å². The Morgan fingerprint density at radius 3 is 2.92 bits per heavy atom. The fourth-order valence-corrected chi connectivity index (χ4v) is 1.38. The zero-order valence-electron chi connectivity index (χ0n) is 7.40. The van der Waals surface area contributed by atoms with Crippen LogP contribution in [-0.4, -0.2) is 26.0 Å². The summed E-state index contributed by atoms with van der Waals surface area (Å²) in [6.07, 6.45) is 4.03. The second-order valence-electron chi connectivity index (χ2n) is 3.09. The van der Waals surface area contributed by atoms with Crippen molar-refractivity contribution < 1.29 is 4.79 Å². The van der Waals surface area contributed by atoms with Gasteiger partial charge in [-0.25, -0.2) is 0 Å². The number of hydrogen-bond acceptors (Lipinski definition) is 4. The fourth-order valence-electron chi connectivity index (χ4n) is 1.38. The third kappa shape index (κ3) is 1.63. The summed E-state index contributed by atoms with van der Waals surface area (Å²) >= 11 is 0. The van der Waals surface area contributed by atoms with Gasteiger partial charge < -0.3 is 0 Å². The van der Waals surface area contributed by atoms with E-state index in [4.69, 9.17) is 0 Å². The van der Waals surface area contributed by atoms with Crippen molar-refractivity contribution in [1.29, 1.82) is 0 Å². The lowest BCUT2D eigenvalue weighted by Gasteiger charge is -2.07. The molecule has 0 fully saturated rings. The Balaban J connectivity index is 2.30. The number of carbonyl (C=O) groups is 1. The van der Waals surface area contributed by atoms with Crippen molar-refractivity contribution >= 4 is 11.4 Å². The highest BCUT2D eigenvalue weighted by molar-refractivity contribution is 5.97. The first-order valence-corrected chi connectivity index (χ1v) is 4.23. The number of tetrazole rings is 1. The standard InChI is InChI=1S/C8H10N4O/c1-12-10-8(9-11-12)6-3-2-4-7(13)5-6/h5H,2-4H2,1H3. The number of carbonyl (C=O) groups excluding carboxylic acids is 1. The van der Waals surface area contributed by atoms with Crippen molar-refractivity contribution in [2.24, 2.45) is 7.05 Å². The van der Waals surface area contributed by atoms with E-state index in [9.17, 15) is 4.79 Å². The van der Waals surface area contributed by atoms with Crippen LogP contribution >= 0.6 is 0 Å². The summed E-state index contributed by atoms with van der Waals surface area (Å²) in [7, 11) is 1.71. The van der Waals surface area contributed by atoms with E-state index in [0.717, 1.165) is 18.4 Å². The molecule has 5 nitrogen and oxygen atoms in total. The molecule has 1 aliphatic rings. The Morgan fingerprint density at radius 1 is 1.46 bits per heavy atom. The SMILES string of the molecule is Cn1nnc(C2=CC(=O)CCC2)n1. The van der Waals surface area contributed by atoms with Crippen molar-refractivity contribution in [2.75, 3.05) is 0 Å². The summed E-state index contributed by atoms with van der Waals surface area (Å²) in [5.41, 5.74) is 0.907. The van der Waals surface area contributed by atoms with Crippen LogP contribution in [0.25, 0.3) is 5.57 Å². The van der Waals surface area contributed by atoms with Crippen molar-refractivity contribution in [3.05, 3.63) is 11.9 Å². The Kier molecular flexibility index (Phi) is 1.92. The van der Waals surface area contributed by atoms with Crippen LogP contribution in [-0.2, 0) is 11.8 Å². The van der Waals surface area contributed by atoms with Crippen LogP contribution in [0.3, 0.4) is 0 Å². The van der Waals surface area contributed by atoms with Gasteiger partial charge in [0.25, 0.3) is 0 Å².